The standard InChI is InChI=1S/C15H18N6O2/c16-10-1-2-12(17-6-10)5-14(22)20-13-7-18-21(8-13)9-15(23)19-11-3-4-11/h1-2,6-8,11H,3-5,9,16H2,(H,19,23)(H,20,22). The SMILES string of the molecule is Nc1ccc(CC(=O)Nc2cnn(CC(=O)NC3CC3)c2)nc1. The smallest absolute Gasteiger partial charge is 0.241 e. The van der Waals surface area contributed by atoms with E-state index in [2.05, 4.69) is 20.7 Å². The second kappa shape index (κ2) is 6.47. The Morgan fingerprint density at radius 2 is 2.09 bits per heavy atom. The van der Waals surface area contributed by atoms with E-state index in [0.29, 0.717) is 23.1 Å². The maximum absolute atomic E-state index is 12.0. The van der Waals surface area contributed by atoms with Gasteiger partial charge in [0.15, 0.2) is 0 Å². The molecule has 1 aliphatic rings. The number of hydrogen-bond acceptors (Lipinski definition) is 5. The fraction of sp³-hybridized carbons (Fsp3) is 0.333. The van der Waals surface area contributed by atoms with E-state index in [-0.39, 0.29) is 24.8 Å². The normalized spacial score (nSPS) is 13.6. The molecular formula is C15H18N6O2. The summed E-state index contributed by atoms with van der Waals surface area (Å²) in [5.41, 5.74) is 7.28. The molecule has 0 aliphatic heterocycles. The molecule has 1 fully saturated rings. The van der Waals surface area contributed by atoms with Crippen molar-refractivity contribution in [3.8, 4) is 0 Å². The van der Waals surface area contributed by atoms with Crippen LogP contribution >= 0.6 is 0 Å². The molecule has 2 heterocycles. The fourth-order valence-corrected chi connectivity index (χ4v) is 2.07. The van der Waals surface area contributed by atoms with Crippen LogP contribution in [0.3, 0.4) is 0 Å². The van der Waals surface area contributed by atoms with E-state index in [0.717, 1.165) is 12.8 Å². The van der Waals surface area contributed by atoms with Crippen molar-refractivity contribution in [3.63, 3.8) is 0 Å². The number of carbonyl (C=O) groups is 2. The Labute approximate surface area is 133 Å². The van der Waals surface area contributed by atoms with Crippen LogP contribution in [0.2, 0.25) is 0 Å². The predicted molar refractivity (Wildman–Crippen MR) is 84.4 cm³/mol. The van der Waals surface area contributed by atoms with Crippen LogP contribution in [0, 0.1) is 0 Å². The highest BCUT2D eigenvalue weighted by molar-refractivity contribution is 5.91. The number of aromatic nitrogens is 3. The van der Waals surface area contributed by atoms with Crippen molar-refractivity contribution in [2.75, 3.05) is 11.1 Å². The average molecular weight is 314 g/mol. The molecule has 0 saturated heterocycles. The topological polar surface area (TPSA) is 115 Å². The number of hydrogen-bond donors (Lipinski definition) is 3. The minimum atomic E-state index is -0.204. The first-order valence-corrected chi connectivity index (χ1v) is 7.40. The Morgan fingerprint density at radius 1 is 1.26 bits per heavy atom. The first-order valence-electron chi connectivity index (χ1n) is 7.40. The third-order valence-corrected chi connectivity index (χ3v) is 3.35. The highest BCUT2D eigenvalue weighted by Crippen LogP contribution is 2.18. The maximum Gasteiger partial charge on any atom is 0.241 e. The summed E-state index contributed by atoms with van der Waals surface area (Å²) >= 11 is 0. The van der Waals surface area contributed by atoms with Gasteiger partial charge in [0, 0.05) is 17.9 Å². The van der Waals surface area contributed by atoms with Gasteiger partial charge in [-0.25, -0.2) is 0 Å². The minimum Gasteiger partial charge on any atom is -0.397 e. The highest BCUT2D eigenvalue weighted by atomic mass is 16.2. The van der Waals surface area contributed by atoms with E-state index in [1.165, 1.54) is 17.1 Å². The van der Waals surface area contributed by atoms with Gasteiger partial charge in [-0.2, -0.15) is 5.10 Å². The van der Waals surface area contributed by atoms with Crippen LogP contribution in [-0.4, -0.2) is 32.6 Å². The van der Waals surface area contributed by atoms with Gasteiger partial charge in [0.05, 0.1) is 30.2 Å². The molecule has 3 rings (SSSR count). The van der Waals surface area contributed by atoms with Crippen LogP contribution in [0.4, 0.5) is 11.4 Å². The zero-order chi connectivity index (χ0) is 16.2. The van der Waals surface area contributed by atoms with Crippen LogP contribution in [0.15, 0.2) is 30.7 Å². The molecule has 0 bridgehead atoms. The van der Waals surface area contributed by atoms with Gasteiger partial charge >= 0.3 is 0 Å². The van der Waals surface area contributed by atoms with Crippen molar-refractivity contribution in [1.29, 1.82) is 0 Å². The number of anilines is 2. The van der Waals surface area contributed by atoms with Crippen molar-refractivity contribution in [2.24, 2.45) is 0 Å². The lowest BCUT2D eigenvalue weighted by Gasteiger charge is -2.03. The minimum absolute atomic E-state index is 0.0699. The number of nitrogens with zero attached hydrogens (tertiary/aromatic N) is 3. The molecule has 2 aromatic heterocycles. The highest BCUT2D eigenvalue weighted by Gasteiger charge is 2.23. The third kappa shape index (κ3) is 4.53. The summed E-state index contributed by atoms with van der Waals surface area (Å²) in [6, 6.07) is 3.73. The number of nitrogens with two attached hydrogens (primary N) is 1. The van der Waals surface area contributed by atoms with Crippen LogP contribution < -0.4 is 16.4 Å². The summed E-state index contributed by atoms with van der Waals surface area (Å²) in [5, 5.41) is 9.68. The Kier molecular flexibility index (Phi) is 4.22. The van der Waals surface area contributed by atoms with E-state index < -0.39 is 0 Å². The van der Waals surface area contributed by atoms with Crippen LogP contribution in [0.1, 0.15) is 18.5 Å². The van der Waals surface area contributed by atoms with Gasteiger partial charge in [-0.1, -0.05) is 0 Å². The van der Waals surface area contributed by atoms with Crippen LogP contribution in [0.5, 0.6) is 0 Å². The van der Waals surface area contributed by atoms with Crippen molar-refractivity contribution in [1.82, 2.24) is 20.1 Å². The molecule has 0 aromatic carbocycles. The Bertz CT molecular complexity index is 705. The largest absolute Gasteiger partial charge is 0.397 e. The Morgan fingerprint density at radius 3 is 2.78 bits per heavy atom. The molecule has 0 unspecified atom stereocenters. The van der Waals surface area contributed by atoms with Crippen LogP contribution in [0.25, 0.3) is 0 Å². The molecule has 2 amide bonds. The molecule has 0 spiro atoms. The molecule has 8 nitrogen and oxygen atoms in total. The average Bonchev–Trinajstić information content (AvgIpc) is 3.20. The second-order valence-electron chi connectivity index (χ2n) is 5.58. The summed E-state index contributed by atoms with van der Waals surface area (Å²) in [5.74, 6) is -0.274. The van der Waals surface area contributed by atoms with Crippen molar-refractivity contribution in [3.05, 3.63) is 36.4 Å². The lowest BCUT2D eigenvalue weighted by molar-refractivity contribution is -0.122. The van der Waals surface area contributed by atoms with Gasteiger partial charge < -0.3 is 16.4 Å². The lowest BCUT2D eigenvalue weighted by Crippen LogP contribution is -2.29. The van der Waals surface area contributed by atoms with Gasteiger partial charge in [0.25, 0.3) is 0 Å². The van der Waals surface area contributed by atoms with E-state index in [1.807, 2.05) is 0 Å². The number of nitrogens with one attached hydrogen (secondary N) is 2. The van der Waals surface area contributed by atoms with E-state index >= 15 is 0 Å². The molecule has 120 valence electrons. The predicted octanol–water partition coefficient (Wildman–Crippen LogP) is 0.320. The lowest BCUT2D eigenvalue weighted by atomic mass is 10.2. The van der Waals surface area contributed by atoms with Gasteiger partial charge in [-0.15, -0.1) is 0 Å². The molecule has 0 atom stereocenters. The first-order chi connectivity index (χ1) is 11.1. The van der Waals surface area contributed by atoms with Crippen LogP contribution in [-0.2, 0) is 22.6 Å². The Hall–Kier alpha value is -2.90. The number of rotatable bonds is 6. The molecule has 8 heteroatoms. The van der Waals surface area contributed by atoms with Gasteiger partial charge in [0.2, 0.25) is 11.8 Å². The van der Waals surface area contributed by atoms with E-state index in [9.17, 15) is 9.59 Å². The number of amides is 2. The molecule has 0 radical (unpaired) electrons. The molecule has 2 aromatic rings. The van der Waals surface area contributed by atoms with E-state index in [1.54, 1.807) is 18.3 Å². The van der Waals surface area contributed by atoms with Crippen molar-refractivity contribution < 1.29 is 9.59 Å². The zero-order valence-corrected chi connectivity index (χ0v) is 12.5. The van der Waals surface area contributed by atoms with Crippen molar-refractivity contribution >= 4 is 23.2 Å². The number of nitrogen functional groups attached to an aromatic ring is 1. The molecule has 1 saturated carbocycles. The summed E-state index contributed by atoms with van der Waals surface area (Å²) in [6.07, 6.45) is 6.89. The van der Waals surface area contributed by atoms with Crippen molar-refractivity contribution in [2.45, 2.75) is 31.8 Å². The summed E-state index contributed by atoms with van der Waals surface area (Å²) in [6.45, 7) is 0.145. The fourth-order valence-electron chi connectivity index (χ4n) is 2.07. The quantitative estimate of drug-likeness (QED) is 0.710. The van der Waals surface area contributed by atoms with Gasteiger partial charge in [0.1, 0.15) is 6.54 Å². The third-order valence-electron chi connectivity index (χ3n) is 3.35. The number of pyridine rings is 1. The summed E-state index contributed by atoms with van der Waals surface area (Å²) < 4.78 is 1.49. The van der Waals surface area contributed by atoms with E-state index in [4.69, 9.17) is 5.73 Å². The first kappa shape index (κ1) is 15.0. The Balaban J connectivity index is 1.50. The monoisotopic (exact) mass is 314 g/mol. The van der Waals surface area contributed by atoms with Gasteiger partial charge in [-0.3, -0.25) is 19.3 Å². The van der Waals surface area contributed by atoms with Gasteiger partial charge in [-0.05, 0) is 25.0 Å². The molecule has 1 aliphatic carbocycles. The molecule has 23 heavy (non-hydrogen) atoms. The summed E-state index contributed by atoms with van der Waals surface area (Å²) in [7, 11) is 0. The molecular weight excluding hydrogens is 296 g/mol. The second-order valence-corrected chi connectivity index (χ2v) is 5.58. The number of carbonyl (C=O) groups excluding carboxylic acids is 2. The molecule has 4 N–H and O–H groups in total. The maximum atomic E-state index is 12.0. The zero-order valence-electron chi connectivity index (χ0n) is 12.5. The summed E-state index contributed by atoms with van der Waals surface area (Å²) in [4.78, 5) is 27.7.